The standard InChI is InChI=1S/C16H27N5O/c1-2-14(12-22)19-7-9-21(10-8-19)16-11-15(17-13-18-16)20-5-3-4-6-20/h11,13-14,22H,2-10,12H2,1H3/t14-/m0/s1. The van der Waals surface area contributed by atoms with Crippen LogP contribution in [0, 0.1) is 0 Å². The summed E-state index contributed by atoms with van der Waals surface area (Å²) in [7, 11) is 0. The number of aliphatic hydroxyl groups excluding tert-OH is 1. The van der Waals surface area contributed by atoms with Crippen molar-refractivity contribution in [1.29, 1.82) is 0 Å². The number of hydrogen-bond acceptors (Lipinski definition) is 6. The topological polar surface area (TPSA) is 55.7 Å². The molecule has 3 rings (SSSR count). The molecule has 0 bridgehead atoms. The molecule has 0 aromatic carbocycles. The van der Waals surface area contributed by atoms with Crippen molar-refractivity contribution in [1.82, 2.24) is 14.9 Å². The molecular formula is C16H27N5O. The van der Waals surface area contributed by atoms with E-state index in [1.54, 1.807) is 6.33 Å². The monoisotopic (exact) mass is 305 g/mol. The fourth-order valence-corrected chi connectivity index (χ4v) is 3.45. The summed E-state index contributed by atoms with van der Waals surface area (Å²) in [6.45, 7) is 8.52. The Morgan fingerprint density at radius 2 is 1.59 bits per heavy atom. The lowest BCUT2D eigenvalue weighted by Gasteiger charge is -2.39. The van der Waals surface area contributed by atoms with E-state index in [0.717, 1.165) is 57.3 Å². The van der Waals surface area contributed by atoms with Crippen LogP contribution in [0.2, 0.25) is 0 Å². The summed E-state index contributed by atoms with van der Waals surface area (Å²) >= 11 is 0. The molecule has 6 nitrogen and oxygen atoms in total. The first-order chi connectivity index (χ1) is 10.8. The van der Waals surface area contributed by atoms with Crippen LogP contribution in [0.4, 0.5) is 11.6 Å². The number of nitrogens with zero attached hydrogens (tertiary/aromatic N) is 5. The van der Waals surface area contributed by atoms with Gasteiger partial charge in [-0.25, -0.2) is 9.97 Å². The van der Waals surface area contributed by atoms with Crippen LogP contribution in [0.5, 0.6) is 0 Å². The van der Waals surface area contributed by atoms with E-state index >= 15 is 0 Å². The van der Waals surface area contributed by atoms with Crippen LogP contribution in [-0.2, 0) is 0 Å². The van der Waals surface area contributed by atoms with E-state index in [9.17, 15) is 5.11 Å². The third-order valence-corrected chi connectivity index (χ3v) is 4.90. The van der Waals surface area contributed by atoms with E-state index in [-0.39, 0.29) is 6.61 Å². The van der Waals surface area contributed by atoms with E-state index in [2.05, 4.69) is 37.7 Å². The van der Waals surface area contributed by atoms with Crippen LogP contribution >= 0.6 is 0 Å². The highest BCUT2D eigenvalue weighted by Crippen LogP contribution is 2.22. The molecule has 2 saturated heterocycles. The molecule has 0 aliphatic carbocycles. The lowest BCUT2D eigenvalue weighted by molar-refractivity contribution is 0.114. The van der Waals surface area contributed by atoms with E-state index in [1.807, 2.05) is 0 Å². The molecule has 6 heteroatoms. The van der Waals surface area contributed by atoms with Crippen LogP contribution in [0.1, 0.15) is 26.2 Å². The predicted molar refractivity (Wildman–Crippen MR) is 88.4 cm³/mol. The second kappa shape index (κ2) is 7.24. The largest absolute Gasteiger partial charge is 0.395 e. The summed E-state index contributed by atoms with van der Waals surface area (Å²) in [5.74, 6) is 2.10. The zero-order valence-corrected chi connectivity index (χ0v) is 13.5. The number of rotatable bonds is 5. The van der Waals surface area contributed by atoms with Gasteiger partial charge in [-0.15, -0.1) is 0 Å². The number of anilines is 2. The summed E-state index contributed by atoms with van der Waals surface area (Å²) in [4.78, 5) is 16.0. The van der Waals surface area contributed by atoms with Crippen molar-refractivity contribution in [2.45, 2.75) is 32.2 Å². The maximum absolute atomic E-state index is 9.44. The van der Waals surface area contributed by atoms with Crippen molar-refractivity contribution in [3.8, 4) is 0 Å². The first kappa shape index (κ1) is 15.5. The van der Waals surface area contributed by atoms with Crippen LogP contribution < -0.4 is 9.80 Å². The molecule has 0 amide bonds. The summed E-state index contributed by atoms with van der Waals surface area (Å²) in [5.41, 5.74) is 0. The van der Waals surface area contributed by atoms with E-state index in [1.165, 1.54) is 12.8 Å². The molecule has 3 heterocycles. The van der Waals surface area contributed by atoms with E-state index < -0.39 is 0 Å². The number of hydrogen-bond donors (Lipinski definition) is 1. The number of piperazine rings is 1. The van der Waals surface area contributed by atoms with Gasteiger partial charge in [-0.3, -0.25) is 4.90 Å². The molecule has 1 aromatic rings. The molecule has 0 radical (unpaired) electrons. The van der Waals surface area contributed by atoms with Crippen molar-refractivity contribution in [3.63, 3.8) is 0 Å². The fourth-order valence-electron chi connectivity index (χ4n) is 3.45. The zero-order valence-electron chi connectivity index (χ0n) is 13.5. The predicted octanol–water partition coefficient (Wildman–Crippen LogP) is 0.970. The maximum atomic E-state index is 9.44. The average molecular weight is 305 g/mol. The van der Waals surface area contributed by atoms with Gasteiger partial charge in [-0.1, -0.05) is 6.92 Å². The molecule has 122 valence electrons. The minimum Gasteiger partial charge on any atom is -0.395 e. The van der Waals surface area contributed by atoms with Crippen molar-refractivity contribution in [2.75, 3.05) is 55.7 Å². The first-order valence-corrected chi connectivity index (χ1v) is 8.48. The van der Waals surface area contributed by atoms with Gasteiger partial charge in [0.25, 0.3) is 0 Å². The second-order valence-electron chi connectivity index (χ2n) is 6.20. The summed E-state index contributed by atoms with van der Waals surface area (Å²) in [6, 6.07) is 2.43. The third-order valence-electron chi connectivity index (χ3n) is 4.90. The number of aromatic nitrogens is 2. The molecular weight excluding hydrogens is 278 g/mol. The average Bonchev–Trinajstić information content (AvgIpc) is 3.11. The van der Waals surface area contributed by atoms with Crippen molar-refractivity contribution in [3.05, 3.63) is 12.4 Å². The van der Waals surface area contributed by atoms with Gasteiger partial charge in [0.15, 0.2) is 0 Å². The van der Waals surface area contributed by atoms with Gasteiger partial charge < -0.3 is 14.9 Å². The fraction of sp³-hybridized carbons (Fsp3) is 0.750. The highest BCUT2D eigenvalue weighted by atomic mass is 16.3. The lowest BCUT2D eigenvalue weighted by Crippen LogP contribution is -2.51. The Labute approximate surface area is 132 Å². The molecule has 2 fully saturated rings. The Hall–Kier alpha value is -1.40. The Kier molecular flexibility index (Phi) is 5.10. The van der Waals surface area contributed by atoms with E-state index in [0.29, 0.717) is 6.04 Å². The van der Waals surface area contributed by atoms with Crippen LogP contribution in [-0.4, -0.2) is 71.9 Å². The number of aliphatic hydroxyl groups is 1. The molecule has 1 atom stereocenters. The molecule has 0 saturated carbocycles. The molecule has 22 heavy (non-hydrogen) atoms. The van der Waals surface area contributed by atoms with Crippen molar-refractivity contribution >= 4 is 11.6 Å². The minimum atomic E-state index is 0.253. The highest BCUT2D eigenvalue weighted by Gasteiger charge is 2.23. The van der Waals surface area contributed by atoms with Gasteiger partial charge in [-0.05, 0) is 19.3 Å². The zero-order chi connectivity index (χ0) is 15.4. The van der Waals surface area contributed by atoms with Gasteiger partial charge in [0, 0.05) is 51.4 Å². The maximum Gasteiger partial charge on any atom is 0.134 e. The minimum absolute atomic E-state index is 0.253. The molecule has 2 aliphatic rings. The SMILES string of the molecule is CC[C@@H](CO)N1CCN(c2cc(N3CCCC3)ncn2)CC1. The molecule has 1 aromatic heterocycles. The van der Waals surface area contributed by atoms with Crippen LogP contribution in [0.15, 0.2) is 12.4 Å². The summed E-state index contributed by atoms with van der Waals surface area (Å²) in [6.07, 6.45) is 5.22. The molecule has 0 unspecified atom stereocenters. The van der Waals surface area contributed by atoms with Crippen molar-refractivity contribution < 1.29 is 5.11 Å². The van der Waals surface area contributed by atoms with Gasteiger partial charge in [-0.2, -0.15) is 0 Å². The highest BCUT2D eigenvalue weighted by molar-refractivity contribution is 5.50. The van der Waals surface area contributed by atoms with Gasteiger partial charge in [0.2, 0.25) is 0 Å². The second-order valence-corrected chi connectivity index (χ2v) is 6.20. The van der Waals surface area contributed by atoms with Crippen LogP contribution in [0.3, 0.4) is 0 Å². The molecule has 0 spiro atoms. The molecule has 2 aliphatic heterocycles. The summed E-state index contributed by atoms with van der Waals surface area (Å²) in [5, 5.41) is 9.44. The van der Waals surface area contributed by atoms with E-state index in [4.69, 9.17) is 0 Å². The van der Waals surface area contributed by atoms with Gasteiger partial charge in [0.05, 0.1) is 6.61 Å². The Balaban J connectivity index is 1.62. The first-order valence-electron chi connectivity index (χ1n) is 8.48. The van der Waals surface area contributed by atoms with Gasteiger partial charge in [0.1, 0.15) is 18.0 Å². The lowest BCUT2D eigenvalue weighted by atomic mass is 10.1. The Morgan fingerprint density at radius 1 is 1.00 bits per heavy atom. The van der Waals surface area contributed by atoms with Gasteiger partial charge >= 0.3 is 0 Å². The quantitative estimate of drug-likeness (QED) is 0.875. The smallest absolute Gasteiger partial charge is 0.134 e. The van der Waals surface area contributed by atoms with Crippen LogP contribution in [0.25, 0.3) is 0 Å². The third kappa shape index (κ3) is 3.33. The Morgan fingerprint density at radius 3 is 2.14 bits per heavy atom. The molecule has 1 N–H and O–H groups in total. The van der Waals surface area contributed by atoms with Crippen molar-refractivity contribution in [2.24, 2.45) is 0 Å². The Bertz CT molecular complexity index is 465. The summed E-state index contributed by atoms with van der Waals surface area (Å²) < 4.78 is 0. The normalized spacial score (nSPS) is 21.4.